The number of methoxy groups -OCH3 is 1. The van der Waals surface area contributed by atoms with Crippen molar-refractivity contribution < 1.29 is 27.1 Å². The predicted octanol–water partition coefficient (Wildman–Crippen LogP) is 4.49. The number of carbonyl (C=O) groups is 1. The molecule has 3 rings (SSSR count). The Bertz CT molecular complexity index is 1180. The molecule has 0 aliphatic rings. The van der Waals surface area contributed by atoms with Crippen LogP contribution in [0.1, 0.15) is 28.4 Å². The second kappa shape index (κ2) is 10.4. The van der Waals surface area contributed by atoms with Crippen molar-refractivity contribution in [2.75, 3.05) is 13.7 Å². The Morgan fingerprint density at radius 1 is 0.969 bits per heavy atom. The maximum atomic E-state index is 13.0. The summed E-state index contributed by atoms with van der Waals surface area (Å²) in [6, 6.07) is 17.4. The number of rotatable bonds is 9. The Morgan fingerprint density at radius 2 is 1.59 bits per heavy atom. The molecule has 0 unspecified atom stereocenters. The summed E-state index contributed by atoms with van der Waals surface area (Å²) in [5.74, 6) is 0.208. The minimum Gasteiger partial charge on any atom is -0.465 e. The minimum absolute atomic E-state index is 0.0122. The molecular formula is C24H24FNO5S. The largest absolute Gasteiger partial charge is 0.465 e. The average Bonchev–Trinajstić information content (AvgIpc) is 2.80. The second-order valence-electron chi connectivity index (χ2n) is 7.01. The molecule has 6 nitrogen and oxygen atoms in total. The molecule has 3 aromatic rings. The highest BCUT2D eigenvalue weighted by Gasteiger charge is 2.19. The molecule has 0 atom stereocenters. The van der Waals surface area contributed by atoms with Crippen LogP contribution >= 0.6 is 0 Å². The zero-order valence-corrected chi connectivity index (χ0v) is 18.6. The third-order valence-corrected chi connectivity index (χ3v) is 6.31. The molecule has 1 N–H and O–H groups in total. The number of nitrogens with one attached hydrogen (secondary N) is 1. The van der Waals surface area contributed by atoms with Crippen molar-refractivity contribution in [2.24, 2.45) is 0 Å². The molecule has 0 heterocycles. The molecule has 0 fully saturated rings. The van der Waals surface area contributed by atoms with E-state index in [1.165, 1.54) is 43.5 Å². The number of hydrogen-bond acceptors (Lipinski definition) is 5. The molecule has 32 heavy (non-hydrogen) atoms. The van der Waals surface area contributed by atoms with Gasteiger partial charge in [0.25, 0.3) is 0 Å². The fraction of sp³-hybridized carbons (Fsp3) is 0.208. The van der Waals surface area contributed by atoms with E-state index >= 15 is 0 Å². The lowest BCUT2D eigenvalue weighted by molar-refractivity contribution is 0.0599. The molecule has 168 valence electrons. The number of hydrogen-bond donors (Lipinski definition) is 1. The Balaban J connectivity index is 1.60. The van der Waals surface area contributed by atoms with Crippen LogP contribution in [-0.2, 0) is 27.6 Å². The molecule has 8 heteroatoms. The van der Waals surface area contributed by atoms with Gasteiger partial charge in [0.15, 0.2) is 0 Å². The predicted molar refractivity (Wildman–Crippen MR) is 119 cm³/mol. The van der Waals surface area contributed by atoms with Crippen LogP contribution in [0.2, 0.25) is 0 Å². The number of aryl methyl sites for hydroxylation is 1. The summed E-state index contributed by atoms with van der Waals surface area (Å²) >= 11 is 0. The lowest BCUT2D eigenvalue weighted by atomic mass is 10.1. The van der Waals surface area contributed by atoms with E-state index in [-0.39, 0.29) is 22.8 Å². The molecule has 0 saturated heterocycles. The summed E-state index contributed by atoms with van der Waals surface area (Å²) in [7, 11) is -2.52. The highest BCUT2D eigenvalue weighted by Crippen LogP contribution is 2.22. The highest BCUT2D eigenvalue weighted by atomic mass is 32.2. The van der Waals surface area contributed by atoms with Gasteiger partial charge in [0.2, 0.25) is 10.0 Å². The zero-order valence-electron chi connectivity index (χ0n) is 17.8. The van der Waals surface area contributed by atoms with Gasteiger partial charge in [-0.05, 0) is 72.5 Å². The Labute approximate surface area is 187 Å². The molecule has 0 aromatic heterocycles. The number of ether oxygens (including phenoxy) is 2. The average molecular weight is 458 g/mol. The van der Waals surface area contributed by atoms with E-state index < -0.39 is 16.0 Å². The van der Waals surface area contributed by atoms with E-state index in [2.05, 4.69) is 4.72 Å². The van der Waals surface area contributed by atoms with Crippen LogP contribution in [-0.4, -0.2) is 28.0 Å². The van der Waals surface area contributed by atoms with Crippen molar-refractivity contribution in [1.82, 2.24) is 4.72 Å². The van der Waals surface area contributed by atoms with E-state index in [1.807, 2.05) is 19.1 Å². The Morgan fingerprint density at radius 3 is 2.19 bits per heavy atom. The monoisotopic (exact) mass is 457 g/mol. The zero-order chi connectivity index (χ0) is 23.1. The van der Waals surface area contributed by atoms with Crippen LogP contribution in [0.3, 0.4) is 0 Å². The summed E-state index contributed by atoms with van der Waals surface area (Å²) in [5, 5.41) is 0. The van der Waals surface area contributed by atoms with Crippen LogP contribution in [0.5, 0.6) is 11.5 Å². The van der Waals surface area contributed by atoms with E-state index in [0.29, 0.717) is 24.3 Å². The van der Waals surface area contributed by atoms with Crippen molar-refractivity contribution in [3.8, 4) is 11.5 Å². The normalized spacial score (nSPS) is 11.2. The van der Waals surface area contributed by atoms with Gasteiger partial charge in [-0.15, -0.1) is 0 Å². The van der Waals surface area contributed by atoms with Gasteiger partial charge >= 0.3 is 5.97 Å². The number of carbonyl (C=O) groups excluding carboxylic acids is 1. The van der Waals surface area contributed by atoms with Gasteiger partial charge in [-0.2, -0.15) is 0 Å². The fourth-order valence-electron chi connectivity index (χ4n) is 3.11. The van der Waals surface area contributed by atoms with Gasteiger partial charge in [-0.3, -0.25) is 0 Å². The van der Waals surface area contributed by atoms with Gasteiger partial charge in [-0.25, -0.2) is 22.3 Å². The lowest BCUT2D eigenvalue weighted by Gasteiger charge is -2.11. The molecule has 0 spiro atoms. The Hall–Kier alpha value is -3.23. The lowest BCUT2D eigenvalue weighted by Crippen LogP contribution is -2.26. The molecule has 3 aromatic carbocycles. The van der Waals surface area contributed by atoms with Crippen molar-refractivity contribution >= 4 is 16.0 Å². The molecule has 0 saturated carbocycles. The second-order valence-corrected chi connectivity index (χ2v) is 8.78. The third-order valence-electron chi connectivity index (χ3n) is 4.86. The summed E-state index contributed by atoms with van der Waals surface area (Å²) in [6.45, 7) is 2.06. The first kappa shape index (κ1) is 23.4. The molecule has 0 radical (unpaired) electrons. The quantitative estimate of drug-likeness (QED) is 0.479. The van der Waals surface area contributed by atoms with Crippen LogP contribution in [0.15, 0.2) is 71.6 Å². The van der Waals surface area contributed by atoms with E-state index in [0.717, 1.165) is 11.1 Å². The summed E-state index contributed by atoms with van der Waals surface area (Å²) in [4.78, 5) is 12.0. The van der Waals surface area contributed by atoms with E-state index in [1.54, 1.807) is 18.2 Å². The highest BCUT2D eigenvalue weighted by molar-refractivity contribution is 7.89. The maximum absolute atomic E-state index is 13.0. The fourth-order valence-corrected chi connectivity index (χ4v) is 4.16. The smallest absolute Gasteiger partial charge is 0.338 e. The topological polar surface area (TPSA) is 81.7 Å². The maximum Gasteiger partial charge on any atom is 0.338 e. The Kier molecular flexibility index (Phi) is 7.61. The summed E-state index contributed by atoms with van der Waals surface area (Å²) in [5.41, 5.74) is 1.88. The van der Waals surface area contributed by atoms with Crippen molar-refractivity contribution in [3.63, 3.8) is 0 Å². The molecule has 0 aliphatic carbocycles. The number of sulfonamides is 1. The molecule has 0 bridgehead atoms. The van der Waals surface area contributed by atoms with Crippen LogP contribution in [0.25, 0.3) is 0 Å². The number of esters is 1. The standard InChI is InChI=1S/C24H24FNO5S/c1-3-18-6-13-22(16-23(18)24(27)30-2)32(28,29)26-15-14-17-4-9-20(10-5-17)31-21-11-7-19(25)8-12-21/h4-13,16,26H,3,14-15H2,1-2H3. The third kappa shape index (κ3) is 5.93. The van der Waals surface area contributed by atoms with Gasteiger partial charge in [0, 0.05) is 6.54 Å². The van der Waals surface area contributed by atoms with E-state index in [9.17, 15) is 17.6 Å². The van der Waals surface area contributed by atoms with Crippen molar-refractivity contribution in [1.29, 1.82) is 0 Å². The van der Waals surface area contributed by atoms with Crippen LogP contribution < -0.4 is 9.46 Å². The summed E-state index contributed by atoms with van der Waals surface area (Å²) in [6.07, 6.45) is 1.05. The molecular weight excluding hydrogens is 433 g/mol. The molecule has 0 aliphatic heterocycles. The first-order valence-electron chi connectivity index (χ1n) is 10.1. The van der Waals surface area contributed by atoms with Crippen molar-refractivity contribution in [2.45, 2.75) is 24.7 Å². The number of benzene rings is 3. The first-order chi connectivity index (χ1) is 15.3. The SMILES string of the molecule is CCc1ccc(S(=O)(=O)NCCc2ccc(Oc3ccc(F)cc3)cc2)cc1C(=O)OC. The van der Waals surface area contributed by atoms with Gasteiger partial charge in [0.1, 0.15) is 17.3 Å². The summed E-state index contributed by atoms with van der Waals surface area (Å²) < 4.78 is 51.2. The van der Waals surface area contributed by atoms with Crippen LogP contribution in [0, 0.1) is 5.82 Å². The number of halogens is 1. The van der Waals surface area contributed by atoms with Gasteiger partial charge < -0.3 is 9.47 Å². The van der Waals surface area contributed by atoms with Gasteiger partial charge in [0.05, 0.1) is 17.6 Å². The van der Waals surface area contributed by atoms with Crippen LogP contribution in [0.4, 0.5) is 4.39 Å². The molecule has 0 amide bonds. The first-order valence-corrected chi connectivity index (χ1v) is 11.5. The van der Waals surface area contributed by atoms with Crippen molar-refractivity contribution in [3.05, 3.63) is 89.2 Å². The van der Waals surface area contributed by atoms with E-state index in [4.69, 9.17) is 9.47 Å². The van der Waals surface area contributed by atoms with Gasteiger partial charge in [-0.1, -0.05) is 25.1 Å². The minimum atomic E-state index is -3.79.